The Morgan fingerprint density at radius 2 is 1.55 bits per heavy atom. The number of carbonyl (C=O) groups is 2. The Morgan fingerprint density at radius 3 is 2.24 bits per heavy atom. The molecule has 1 aliphatic rings. The van der Waals surface area contributed by atoms with Crippen LogP contribution in [0.2, 0.25) is 0 Å². The summed E-state index contributed by atoms with van der Waals surface area (Å²) in [6.45, 7) is 2.91. The zero-order valence-electron chi connectivity index (χ0n) is 15.7. The second-order valence-electron chi connectivity index (χ2n) is 6.83. The first-order chi connectivity index (χ1) is 13.9. The Morgan fingerprint density at radius 1 is 0.931 bits per heavy atom. The maximum absolute atomic E-state index is 13.1. The van der Waals surface area contributed by atoms with Crippen LogP contribution in [0.15, 0.2) is 71.2 Å². The van der Waals surface area contributed by atoms with Crippen molar-refractivity contribution in [3.05, 3.63) is 76.7 Å². The number of fused-ring (bicyclic) bond motifs is 1. The van der Waals surface area contributed by atoms with Crippen molar-refractivity contribution in [2.24, 2.45) is 0 Å². The molecule has 1 aliphatic heterocycles. The van der Waals surface area contributed by atoms with Crippen molar-refractivity contribution in [2.45, 2.75) is 19.6 Å². The topological polar surface area (TPSA) is 99.5 Å². The third-order valence-electron chi connectivity index (χ3n) is 4.26. The van der Waals surface area contributed by atoms with E-state index in [0.717, 1.165) is 6.20 Å². The molecule has 1 fully saturated rings. The van der Waals surface area contributed by atoms with Crippen LogP contribution in [-0.2, 0) is 19.1 Å². The van der Waals surface area contributed by atoms with Crippen LogP contribution in [0.4, 0.5) is 0 Å². The van der Waals surface area contributed by atoms with Gasteiger partial charge < -0.3 is 9.47 Å². The number of benzene rings is 2. The molecule has 8 heteroatoms. The highest BCUT2D eigenvalue weighted by Crippen LogP contribution is 2.22. The third-order valence-corrected chi connectivity index (χ3v) is 4.26. The normalized spacial score (nSPS) is 15.6. The van der Waals surface area contributed by atoms with Gasteiger partial charge in [0.05, 0.1) is 10.9 Å². The molecule has 1 N–H and O–H groups in total. The van der Waals surface area contributed by atoms with Crippen molar-refractivity contribution in [3.63, 3.8) is 0 Å². The van der Waals surface area contributed by atoms with Crippen LogP contribution in [0.1, 0.15) is 13.8 Å². The number of hydrogen-bond donors (Lipinski definition) is 1. The van der Waals surface area contributed by atoms with Gasteiger partial charge in [0.25, 0.3) is 11.3 Å². The molecule has 29 heavy (non-hydrogen) atoms. The predicted molar refractivity (Wildman–Crippen MR) is 105 cm³/mol. The summed E-state index contributed by atoms with van der Waals surface area (Å²) in [7, 11) is 0. The van der Waals surface area contributed by atoms with Crippen LogP contribution in [0, 0.1) is 0 Å². The fourth-order valence-electron chi connectivity index (χ4n) is 2.94. The number of hydrogen-bond acceptors (Lipinski definition) is 7. The number of nitrogens with one attached hydrogen (secondary N) is 1. The molecule has 2 heterocycles. The van der Waals surface area contributed by atoms with Gasteiger partial charge in [-0.15, -0.1) is 0 Å². The number of nitrogens with zero attached hydrogens (tertiary/aromatic N) is 2. The van der Waals surface area contributed by atoms with E-state index in [1.807, 2.05) is 18.2 Å². The standard InChI is InChI=1S/C21H17N3O5/c1-21(2)28-19(26)15(20(27)29-21)12-22-24-17(13-8-4-3-5-9-13)23-16-11-7-6-10-14(16)18(24)25/h3-12,22H,1-2H3. The van der Waals surface area contributed by atoms with Crippen molar-refractivity contribution >= 4 is 22.8 Å². The summed E-state index contributed by atoms with van der Waals surface area (Å²) in [5.41, 5.74) is 3.17. The Labute approximate surface area is 165 Å². The summed E-state index contributed by atoms with van der Waals surface area (Å²) in [6.07, 6.45) is 1.09. The molecule has 146 valence electrons. The lowest BCUT2D eigenvalue weighted by molar-refractivity contribution is -0.222. The summed E-state index contributed by atoms with van der Waals surface area (Å²) in [5, 5.41) is 0.382. The molecule has 0 spiro atoms. The quantitative estimate of drug-likeness (QED) is 0.415. The maximum Gasteiger partial charge on any atom is 0.350 e. The van der Waals surface area contributed by atoms with Gasteiger partial charge in [-0.1, -0.05) is 42.5 Å². The van der Waals surface area contributed by atoms with Crippen molar-refractivity contribution in [1.82, 2.24) is 9.66 Å². The van der Waals surface area contributed by atoms with Crippen LogP contribution in [0.5, 0.6) is 0 Å². The number of carbonyl (C=O) groups excluding carboxylic acids is 2. The zero-order chi connectivity index (χ0) is 20.6. The van der Waals surface area contributed by atoms with E-state index in [1.165, 1.54) is 18.5 Å². The van der Waals surface area contributed by atoms with Gasteiger partial charge in [0.2, 0.25) is 0 Å². The number of esters is 2. The first-order valence-electron chi connectivity index (χ1n) is 8.86. The second-order valence-corrected chi connectivity index (χ2v) is 6.83. The predicted octanol–water partition coefficient (Wildman–Crippen LogP) is 2.33. The zero-order valence-corrected chi connectivity index (χ0v) is 15.7. The van der Waals surface area contributed by atoms with E-state index in [0.29, 0.717) is 22.3 Å². The minimum Gasteiger partial charge on any atom is -0.419 e. The first-order valence-corrected chi connectivity index (χ1v) is 8.86. The summed E-state index contributed by atoms with van der Waals surface area (Å²) in [5.74, 6) is -2.71. The molecule has 0 aliphatic carbocycles. The van der Waals surface area contributed by atoms with Crippen molar-refractivity contribution < 1.29 is 19.1 Å². The smallest absolute Gasteiger partial charge is 0.350 e. The van der Waals surface area contributed by atoms with E-state index in [9.17, 15) is 14.4 Å². The van der Waals surface area contributed by atoms with E-state index in [-0.39, 0.29) is 11.1 Å². The molecule has 0 amide bonds. The average Bonchev–Trinajstić information content (AvgIpc) is 2.68. The van der Waals surface area contributed by atoms with Gasteiger partial charge in [-0.05, 0) is 12.1 Å². The van der Waals surface area contributed by atoms with Gasteiger partial charge >= 0.3 is 11.9 Å². The third kappa shape index (κ3) is 3.47. The van der Waals surface area contributed by atoms with Gasteiger partial charge in [-0.3, -0.25) is 10.2 Å². The molecule has 2 aromatic carbocycles. The Bertz CT molecular complexity index is 1190. The SMILES string of the molecule is CC1(C)OC(=O)C(=CNn2c(-c3ccccc3)nc3ccccc3c2=O)C(=O)O1. The molecule has 8 nitrogen and oxygen atoms in total. The summed E-state index contributed by atoms with van der Waals surface area (Å²) in [6, 6.07) is 16.0. The van der Waals surface area contributed by atoms with Gasteiger partial charge in [-0.25, -0.2) is 19.2 Å². The number of para-hydroxylation sites is 1. The Balaban J connectivity index is 1.83. The lowest BCUT2D eigenvalue weighted by Crippen LogP contribution is -2.42. The highest BCUT2D eigenvalue weighted by molar-refractivity contribution is 6.15. The average molecular weight is 391 g/mol. The molecule has 4 rings (SSSR count). The fraction of sp³-hybridized carbons (Fsp3) is 0.143. The molecule has 0 radical (unpaired) electrons. The molecule has 0 unspecified atom stereocenters. The van der Waals surface area contributed by atoms with Crippen molar-refractivity contribution in [1.29, 1.82) is 0 Å². The Kier molecular flexibility index (Phi) is 4.38. The highest BCUT2D eigenvalue weighted by atomic mass is 16.7. The van der Waals surface area contributed by atoms with E-state index >= 15 is 0 Å². The molecule has 1 aromatic heterocycles. The van der Waals surface area contributed by atoms with Gasteiger partial charge in [0, 0.05) is 25.6 Å². The molecular weight excluding hydrogens is 374 g/mol. The number of aromatic nitrogens is 2. The summed E-state index contributed by atoms with van der Waals surface area (Å²) >= 11 is 0. The lowest BCUT2D eigenvalue weighted by atomic mass is 10.2. The molecular formula is C21H17N3O5. The molecule has 1 saturated heterocycles. The van der Waals surface area contributed by atoms with E-state index in [2.05, 4.69) is 10.4 Å². The maximum atomic E-state index is 13.1. The molecule has 3 aromatic rings. The monoisotopic (exact) mass is 391 g/mol. The molecule has 0 atom stereocenters. The van der Waals surface area contributed by atoms with Gasteiger partial charge in [0.15, 0.2) is 11.4 Å². The number of rotatable bonds is 3. The minimum atomic E-state index is -1.35. The number of ether oxygens (including phenoxy) is 2. The minimum absolute atomic E-state index is 0.323. The van der Waals surface area contributed by atoms with E-state index in [4.69, 9.17) is 9.47 Å². The van der Waals surface area contributed by atoms with Crippen LogP contribution >= 0.6 is 0 Å². The second kappa shape index (κ2) is 6.90. The largest absolute Gasteiger partial charge is 0.419 e. The first kappa shape index (κ1) is 18.4. The lowest BCUT2D eigenvalue weighted by Gasteiger charge is -2.29. The number of cyclic esters (lactones) is 2. The van der Waals surface area contributed by atoms with Gasteiger partial charge in [-0.2, -0.15) is 0 Å². The van der Waals surface area contributed by atoms with E-state index < -0.39 is 17.7 Å². The fourth-order valence-corrected chi connectivity index (χ4v) is 2.94. The molecule has 0 saturated carbocycles. The van der Waals surface area contributed by atoms with Gasteiger partial charge in [0.1, 0.15) is 0 Å². The van der Waals surface area contributed by atoms with Crippen LogP contribution in [0.25, 0.3) is 22.3 Å². The van der Waals surface area contributed by atoms with Crippen LogP contribution in [-0.4, -0.2) is 27.4 Å². The summed E-state index contributed by atoms with van der Waals surface area (Å²) < 4.78 is 11.3. The summed E-state index contributed by atoms with van der Waals surface area (Å²) in [4.78, 5) is 41.9. The highest BCUT2D eigenvalue weighted by Gasteiger charge is 2.39. The van der Waals surface area contributed by atoms with Crippen LogP contribution < -0.4 is 11.0 Å². The van der Waals surface area contributed by atoms with Crippen LogP contribution in [0.3, 0.4) is 0 Å². The molecule has 0 bridgehead atoms. The Hall–Kier alpha value is -3.94. The van der Waals surface area contributed by atoms with E-state index in [1.54, 1.807) is 36.4 Å². The van der Waals surface area contributed by atoms with Crippen molar-refractivity contribution in [2.75, 3.05) is 5.43 Å². The van der Waals surface area contributed by atoms with Crippen molar-refractivity contribution in [3.8, 4) is 11.4 Å².